The molecular formula is C9H8HgO4. The van der Waals surface area contributed by atoms with Crippen molar-refractivity contribution in [1.82, 2.24) is 0 Å². The molecule has 0 aliphatic rings. The Balaban J connectivity index is 2.79. The van der Waals surface area contributed by atoms with E-state index in [1.807, 2.05) is 0 Å². The Kier molecular flexibility index (Phi) is 4.07. The number of aromatic hydroxyl groups is 1. The summed E-state index contributed by atoms with van der Waals surface area (Å²) < 4.78 is 5.84. The van der Waals surface area contributed by atoms with Crippen LogP contribution in [0.15, 0.2) is 18.2 Å². The molecule has 1 aromatic rings. The first kappa shape index (κ1) is 11.2. The molecule has 5 heteroatoms. The van der Waals surface area contributed by atoms with E-state index in [9.17, 15) is 14.7 Å². The molecule has 1 aromatic carbocycles. The molecule has 1 rings (SSSR count). The molecule has 0 atom stereocenters. The number of hydrogen-bond acceptors (Lipinski definition) is 4. The van der Waals surface area contributed by atoms with Gasteiger partial charge in [0.15, 0.2) is 0 Å². The van der Waals surface area contributed by atoms with Crippen LogP contribution in [0.1, 0.15) is 17.3 Å². The fraction of sp³-hybridized carbons (Fsp3) is 0.111. The zero-order valence-corrected chi connectivity index (χ0v) is 13.2. The summed E-state index contributed by atoms with van der Waals surface area (Å²) in [6.07, 6.45) is 0.584. The van der Waals surface area contributed by atoms with Crippen LogP contribution in [0, 0.1) is 0 Å². The molecular weight excluding hydrogens is 373 g/mol. The van der Waals surface area contributed by atoms with Gasteiger partial charge in [0.1, 0.15) is 0 Å². The summed E-state index contributed by atoms with van der Waals surface area (Å²) >= 11 is -1.86. The van der Waals surface area contributed by atoms with Crippen LogP contribution in [0.3, 0.4) is 0 Å². The van der Waals surface area contributed by atoms with Gasteiger partial charge >= 0.3 is 94.1 Å². The van der Waals surface area contributed by atoms with Crippen molar-refractivity contribution < 1.29 is 42.4 Å². The standard InChI is InChI=1S/C7H5O2.C2H4O2.Hg/c8-5-6-3-1-2-4-7(6)9;1-2(3)4;/h2-5,9H;1H3,(H,3,4);/q;;+1/p-1. The van der Waals surface area contributed by atoms with Crippen LogP contribution in [0.5, 0.6) is 5.75 Å². The van der Waals surface area contributed by atoms with Crippen LogP contribution >= 0.6 is 0 Å². The quantitative estimate of drug-likeness (QED) is 0.609. The molecule has 0 fully saturated rings. The van der Waals surface area contributed by atoms with Crippen molar-refractivity contribution in [3.8, 4) is 5.75 Å². The summed E-state index contributed by atoms with van der Waals surface area (Å²) in [5.74, 6) is -0.327. The Hall–Kier alpha value is -0.905. The molecule has 0 spiro atoms. The summed E-state index contributed by atoms with van der Waals surface area (Å²) in [4.78, 5) is 21.0. The van der Waals surface area contributed by atoms with Gasteiger partial charge in [-0.15, -0.1) is 0 Å². The third kappa shape index (κ3) is 3.10. The first-order valence-corrected chi connectivity index (χ1v) is 9.03. The van der Waals surface area contributed by atoms with Gasteiger partial charge in [0.25, 0.3) is 0 Å². The number of phenols is 1. The van der Waals surface area contributed by atoms with E-state index < -0.39 is 25.0 Å². The molecule has 1 N–H and O–H groups in total. The second kappa shape index (κ2) is 5.09. The van der Waals surface area contributed by atoms with Crippen molar-refractivity contribution in [2.75, 3.05) is 0 Å². The minimum absolute atomic E-state index is 0.0417. The number of aldehydes is 1. The monoisotopic (exact) mass is 382 g/mol. The fourth-order valence-corrected chi connectivity index (χ4v) is 4.42. The molecule has 70 valence electrons. The first-order chi connectivity index (χ1) is 6.63. The van der Waals surface area contributed by atoms with Crippen LogP contribution in [0.4, 0.5) is 0 Å². The van der Waals surface area contributed by atoms with Crippen molar-refractivity contribution in [2.45, 2.75) is 6.92 Å². The molecule has 0 aromatic heterocycles. The molecule has 0 aliphatic heterocycles. The normalized spacial score (nSPS) is 8.93. The van der Waals surface area contributed by atoms with Crippen LogP contribution in [0.25, 0.3) is 0 Å². The Morgan fingerprint density at radius 2 is 2.29 bits per heavy atom. The van der Waals surface area contributed by atoms with E-state index in [1.165, 1.54) is 13.0 Å². The maximum atomic E-state index is 10.6. The second-order valence-corrected chi connectivity index (χ2v) is 8.21. The van der Waals surface area contributed by atoms with Gasteiger partial charge in [-0.3, -0.25) is 0 Å². The van der Waals surface area contributed by atoms with E-state index in [0.717, 1.165) is 3.07 Å². The zero-order chi connectivity index (χ0) is 10.6. The molecule has 0 bridgehead atoms. The second-order valence-electron chi connectivity index (χ2n) is 2.79. The van der Waals surface area contributed by atoms with Gasteiger partial charge in [0.2, 0.25) is 0 Å². The summed E-state index contributed by atoms with van der Waals surface area (Å²) in [6, 6.07) is 4.71. The average molecular weight is 381 g/mol. The van der Waals surface area contributed by atoms with Gasteiger partial charge in [0.05, 0.1) is 0 Å². The van der Waals surface area contributed by atoms with Gasteiger partial charge in [-0.25, -0.2) is 0 Å². The van der Waals surface area contributed by atoms with Crippen molar-refractivity contribution >= 4 is 15.3 Å². The summed E-state index contributed by atoms with van der Waals surface area (Å²) in [7, 11) is 0. The minimum atomic E-state index is -1.86. The fourth-order valence-electron chi connectivity index (χ4n) is 0.973. The van der Waals surface area contributed by atoms with Crippen molar-refractivity contribution in [3.05, 3.63) is 23.8 Å². The zero-order valence-electron chi connectivity index (χ0n) is 7.69. The topological polar surface area (TPSA) is 63.6 Å². The predicted molar refractivity (Wildman–Crippen MR) is 44.9 cm³/mol. The van der Waals surface area contributed by atoms with Crippen LogP contribution in [-0.4, -0.2) is 17.4 Å². The molecule has 0 radical (unpaired) electrons. The SMILES string of the molecule is CC(=O)[O][Hg][c]1ccc(O)c(C=O)c1. The van der Waals surface area contributed by atoms with E-state index in [1.54, 1.807) is 12.1 Å². The first-order valence-electron chi connectivity index (χ1n) is 4.04. The number of rotatable bonds is 3. The van der Waals surface area contributed by atoms with Crippen molar-refractivity contribution in [3.63, 3.8) is 0 Å². The summed E-state index contributed by atoms with van der Waals surface area (Å²) in [6.45, 7) is 1.36. The summed E-state index contributed by atoms with van der Waals surface area (Å²) in [5, 5.41) is 9.20. The van der Waals surface area contributed by atoms with Gasteiger partial charge < -0.3 is 0 Å². The van der Waals surface area contributed by atoms with Crippen molar-refractivity contribution in [1.29, 1.82) is 0 Å². The molecule has 4 nitrogen and oxygen atoms in total. The number of benzene rings is 1. The predicted octanol–water partition coefficient (Wildman–Crippen LogP) is 0.391. The van der Waals surface area contributed by atoms with Gasteiger partial charge in [-0.1, -0.05) is 0 Å². The van der Waals surface area contributed by atoms with Gasteiger partial charge in [0, 0.05) is 0 Å². The molecule has 0 unspecified atom stereocenters. The third-order valence-corrected chi connectivity index (χ3v) is 6.81. The summed E-state index contributed by atoms with van der Waals surface area (Å²) in [5.41, 5.74) is 0.245. The Labute approximate surface area is 94.0 Å². The van der Waals surface area contributed by atoms with E-state index in [-0.39, 0.29) is 17.3 Å². The molecule has 14 heavy (non-hydrogen) atoms. The van der Waals surface area contributed by atoms with Crippen LogP contribution < -0.4 is 3.07 Å². The van der Waals surface area contributed by atoms with Gasteiger partial charge in [-0.05, 0) is 0 Å². The molecule has 0 aliphatic carbocycles. The number of carbonyl (C=O) groups excluding carboxylic acids is 2. The van der Waals surface area contributed by atoms with Crippen LogP contribution in [-0.2, 0) is 32.5 Å². The number of phenolic OH excluding ortho intramolecular Hbond substituents is 1. The number of hydrogen-bond donors (Lipinski definition) is 1. The maximum absolute atomic E-state index is 10.6. The van der Waals surface area contributed by atoms with E-state index in [4.69, 9.17) is 2.64 Å². The van der Waals surface area contributed by atoms with Crippen LogP contribution in [0.2, 0.25) is 0 Å². The Morgan fingerprint density at radius 1 is 1.57 bits per heavy atom. The van der Waals surface area contributed by atoms with E-state index >= 15 is 0 Å². The Bertz CT molecular complexity index is 362. The average Bonchev–Trinajstić information content (AvgIpc) is 2.16. The van der Waals surface area contributed by atoms with E-state index in [2.05, 4.69) is 0 Å². The molecule has 0 amide bonds. The molecule has 0 heterocycles. The Morgan fingerprint density at radius 3 is 2.86 bits per heavy atom. The van der Waals surface area contributed by atoms with Crippen molar-refractivity contribution in [2.24, 2.45) is 0 Å². The van der Waals surface area contributed by atoms with E-state index in [0.29, 0.717) is 6.29 Å². The molecule has 0 saturated carbocycles. The van der Waals surface area contributed by atoms with Gasteiger partial charge in [-0.2, -0.15) is 0 Å². The number of carbonyl (C=O) groups is 2. The third-order valence-electron chi connectivity index (χ3n) is 1.66. The molecule has 0 saturated heterocycles.